The van der Waals surface area contributed by atoms with E-state index in [0.29, 0.717) is 16.7 Å². The van der Waals surface area contributed by atoms with Crippen LogP contribution in [0.2, 0.25) is 5.02 Å². The molecule has 0 aromatic heterocycles. The number of nitrogens with zero attached hydrogens (tertiary/aromatic N) is 1. The number of carbonyl (C=O) groups is 2. The Morgan fingerprint density at radius 1 is 1.13 bits per heavy atom. The van der Waals surface area contributed by atoms with E-state index in [1.807, 2.05) is 0 Å². The first-order valence-corrected chi connectivity index (χ1v) is 11.5. The number of fused-ring (bicyclic) bond motifs is 2. The first-order valence-electron chi connectivity index (χ1n) is 11.1. The first-order chi connectivity index (χ1) is 17.8. The van der Waals surface area contributed by atoms with Gasteiger partial charge in [-0.3, -0.25) is 9.69 Å². The van der Waals surface area contributed by atoms with E-state index in [-0.39, 0.29) is 33.1 Å². The average molecular weight is 553 g/mol. The lowest BCUT2D eigenvalue weighted by molar-refractivity contribution is -0.258. The summed E-state index contributed by atoms with van der Waals surface area (Å²) in [6.07, 6.45) is -5.21. The van der Waals surface area contributed by atoms with E-state index in [2.05, 4.69) is 16.0 Å². The third-order valence-electron chi connectivity index (χ3n) is 6.58. The van der Waals surface area contributed by atoms with E-state index in [0.717, 1.165) is 24.3 Å². The first kappa shape index (κ1) is 25.7. The number of aliphatic hydroxyl groups is 1. The van der Waals surface area contributed by atoms with Gasteiger partial charge in [-0.2, -0.15) is 13.2 Å². The van der Waals surface area contributed by atoms with Gasteiger partial charge < -0.3 is 21.1 Å². The van der Waals surface area contributed by atoms with Gasteiger partial charge in [0.25, 0.3) is 5.91 Å². The van der Waals surface area contributed by atoms with Gasteiger partial charge in [-0.15, -0.1) is 0 Å². The largest absolute Gasteiger partial charge is 0.423 e. The summed E-state index contributed by atoms with van der Waals surface area (Å²) in [6.45, 7) is -1.23. The van der Waals surface area contributed by atoms with Crippen molar-refractivity contribution in [3.63, 3.8) is 0 Å². The molecule has 5 rings (SSSR count). The molecule has 0 saturated heterocycles. The lowest BCUT2D eigenvalue weighted by Crippen LogP contribution is -2.48. The Hall–Kier alpha value is -3.90. The molecule has 2 heterocycles. The number of rotatable bonds is 3. The Kier molecular flexibility index (Phi) is 5.99. The van der Waals surface area contributed by atoms with Gasteiger partial charge in [0.2, 0.25) is 5.60 Å². The van der Waals surface area contributed by atoms with Crippen molar-refractivity contribution in [1.29, 1.82) is 0 Å². The maximum atomic E-state index is 14.0. The second kappa shape index (κ2) is 8.84. The molecule has 3 aromatic rings. The van der Waals surface area contributed by atoms with Crippen LogP contribution in [0.4, 0.5) is 43.8 Å². The Bertz CT molecular complexity index is 1500. The number of nitrogens with one attached hydrogen (secondary N) is 3. The van der Waals surface area contributed by atoms with Crippen molar-refractivity contribution in [2.75, 3.05) is 29.1 Å². The van der Waals surface area contributed by atoms with Crippen LogP contribution in [-0.2, 0) is 5.60 Å². The number of hydrogen-bond donors (Lipinski definition) is 4. The number of anilines is 3. The summed E-state index contributed by atoms with van der Waals surface area (Å²) < 4.78 is 69.3. The Labute approximate surface area is 217 Å². The summed E-state index contributed by atoms with van der Waals surface area (Å²) in [6, 6.07) is 6.76. The highest BCUT2D eigenvalue weighted by Gasteiger charge is 2.61. The lowest BCUT2D eigenvalue weighted by atomic mass is 9.95. The fourth-order valence-corrected chi connectivity index (χ4v) is 4.96. The number of benzene rings is 3. The molecule has 2 aliphatic rings. The molecule has 198 valence electrons. The molecule has 7 nitrogen and oxygen atoms in total. The van der Waals surface area contributed by atoms with Crippen molar-refractivity contribution < 1.29 is 36.6 Å². The number of hydrogen-bond acceptors (Lipinski definition) is 4. The molecule has 0 fully saturated rings. The third-order valence-corrected chi connectivity index (χ3v) is 6.93. The van der Waals surface area contributed by atoms with Gasteiger partial charge in [0.1, 0.15) is 11.6 Å². The van der Waals surface area contributed by atoms with Crippen LogP contribution >= 0.6 is 11.6 Å². The summed E-state index contributed by atoms with van der Waals surface area (Å²) in [5, 5.41) is 18.6. The maximum absolute atomic E-state index is 14.0. The van der Waals surface area contributed by atoms with E-state index in [9.17, 15) is 36.6 Å². The molecule has 0 aliphatic carbocycles. The van der Waals surface area contributed by atoms with Crippen LogP contribution in [0.1, 0.15) is 33.1 Å². The molecule has 0 saturated carbocycles. The molecular weight excluding hydrogens is 535 g/mol. The zero-order valence-electron chi connectivity index (χ0n) is 19.4. The van der Waals surface area contributed by atoms with Gasteiger partial charge in [-0.25, -0.2) is 13.6 Å². The molecule has 3 amide bonds. The highest BCUT2D eigenvalue weighted by Crippen LogP contribution is 2.49. The molecule has 2 atom stereocenters. The minimum Gasteiger partial charge on any atom is -0.388 e. The van der Waals surface area contributed by atoms with Gasteiger partial charge in [0, 0.05) is 40.0 Å². The summed E-state index contributed by atoms with van der Waals surface area (Å²) in [5.74, 6) is -2.20. The van der Waals surface area contributed by atoms with Crippen LogP contribution in [0.3, 0.4) is 0 Å². The molecular formula is C25H18ClF5N4O3. The Morgan fingerprint density at radius 2 is 1.82 bits per heavy atom. The fourth-order valence-electron chi connectivity index (χ4n) is 4.73. The number of amides is 3. The van der Waals surface area contributed by atoms with E-state index in [4.69, 9.17) is 11.6 Å². The molecule has 0 spiro atoms. The van der Waals surface area contributed by atoms with E-state index >= 15 is 0 Å². The van der Waals surface area contributed by atoms with Crippen molar-refractivity contribution in [2.24, 2.45) is 0 Å². The molecule has 0 bridgehead atoms. The zero-order chi connectivity index (χ0) is 27.6. The van der Waals surface area contributed by atoms with Crippen molar-refractivity contribution in [3.8, 4) is 0 Å². The lowest BCUT2D eigenvalue weighted by Gasteiger charge is -2.27. The van der Waals surface area contributed by atoms with E-state index in [1.165, 1.54) is 18.2 Å². The van der Waals surface area contributed by atoms with Crippen LogP contribution in [0.25, 0.3) is 0 Å². The molecule has 13 heteroatoms. The number of β-amino-alcohol motifs (C(OH)–C–C–N with tert-alkyl or cyclic N) is 1. The second-order valence-corrected chi connectivity index (χ2v) is 9.25. The summed E-state index contributed by atoms with van der Waals surface area (Å²) >= 11 is 6.26. The van der Waals surface area contributed by atoms with Gasteiger partial charge in [-0.05, 0) is 48.5 Å². The number of halogens is 6. The number of alkyl halides is 3. The topological polar surface area (TPSA) is 93.7 Å². The molecule has 4 N–H and O–H groups in total. The molecule has 0 unspecified atom stereocenters. The van der Waals surface area contributed by atoms with Gasteiger partial charge >= 0.3 is 12.2 Å². The molecule has 2 aliphatic heterocycles. The minimum atomic E-state index is -5.21. The highest BCUT2D eigenvalue weighted by molar-refractivity contribution is 6.31. The highest BCUT2D eigenvalue weighted by atomic mass is 35.5. The van der Waals surface area contributed by atoms with Crippen molar-refractivity contribution in [1.82, 2.24) is 5.32 Å². The monoisotopic (exact) mass is 552 g/mol. The third kappa shape index (κ3) is 4.00. The number of urea groups is 1. The predicted octanol–water partition coefficient (Wildman–Crippen LogP) is 5.29. The molecule has 38 heavy (non-hydrogen) atoms. The van der Waals surface area contributed by atoms with Crippen molar-refractivity contribution in [2.45, 2.75) is 17.8 Å². The minimum absolute atomic E-state index is 0.0200. The maximum Gasteiger partial charge on any atom is 0.423 e. The summed E-state index contributed by atoms with van der Waals surface area (Å²) in [7, 11) is 1.55. The van der Waals surface area contributed by atoms with Crippen molar-refractivity contribution >= 4 is 40.6 Å². The Morgan fingerprint density at radius 3 is 2.50 bits per heavy atom. The van der Waals surface area contributed by atoms with Crippen LogP contribution in [0.15, 0.2) is 48.5 Å². The summed E-state index contributed by atoms with van der Waals surface area (Å²) in [4.78, 5) is 26.8. The van der Waals surface area contributed by atoms with E-state index in [1.54, 1.807) is 7.05 Å². The summed E-state index contributed by atoms with van der Waals surface area (Å²) in [5.41, 5.74) is -3.74. The van der Waals surface area contributed by atoms with Crippen LogP contribution < -0.4 is 20.9 Å². The van der Waals surface area contributed by atoms with Crippen molar-refractivity contribution in [3.05, 3.63) is 87.4 Å². The zero-order valence-corrected chi connectivity index (χ0v) is 20.1. The smallest absolute Gasteiger partial charge is 0.388 e. The average Bonchev–Trinajstić information content (AvgIpc) is 3.35. The fraction of sp³-hybridized carbons (Fsp3) is 0.200. The van der Waals surface area contributed by atoms with E-state index < -0.39 is 53.5 Å². The molecule has 3 aromatic carbocycles. The Balaban J connectivity index is 1.59. The standard InChI is InChI=1S/C25H18ClF5N4O3/c1-32-13-8-15-20(21(34-22(15)36)14-6-11(27)2-4-17(14)26)18(9-13)33-23(37)35-10-24(38,25(29,30)31)16-7-12(28)3-5-19(16)35/h2-9,21,32,38H,10H2,1H3,(H,33,37)(H,34,36)/t21-,24+/m1/s1. The SMILES string of the molecule is CNc1cc(NC(=O)N2C[C@@](O)(C(F)(F)F)c3cc(F)ccc32)c2c(c1)C(=O)N[C@@H]2c1cc(F)ccc1Cl. The molecule has 0 radical (unpaired) electrons. The number of carbonyl (C=O) groups excluding carboxylic acids is 2. The van der Waals surface area contributed by atoms with Crippen LogP contribution in [0, 0.1) is 11.6 Å². The van der Waals surface area contributed by atoms with Crippen LogP contribution in [-0.4, -0.2) is 36.8 Å². The quantitative estimate of drug-likeness (QED) is 0.332. The normalized spacial score (nSPS) is 20.2. The predicted molar refractivity (Wildman–Crippen MR) is 129 cm³/mol. The van der Waals surface area contributed by atoms with Gasteiger partial charge in [0.15, 0.2) is 0 Å². The second-order valence-electron chi connectivity index (χ2n) is 8.84. The van der Waals surface area contributed by atoms with Gasteiger partial charge in [0.05, 0.1) is 24.0 Å². The van der Waals surface area contributed by atoms with Crippen LogP contribution in [0.5, 0.6) is 0 Å². The van der Waals surface area contributed by atoms with Gasteiger partial charge in [-0.1, -0.05) is 11.6 Å².